The van der Waals surface area contributed by atoms with Crippen LogP contribution in [0.3, 0.4) is 0 Å². The van der Waals surface area contributed by atoms with Gasteiger partial charge < -0.3 is 24.4 Å². The quantitative estimate of drug-likeness (QED) is 0.309. The van der Waals surface area contributed by atoms with Gasteiger partial charge in [0.1, 0.15) is 11.5 Å². The molecule has 0 saturated carbocycles. The smallest absolute Gasteiger partial charge is 0.414 e. The molecule has 5 rings (SSSR count). The molecule has 0 bridgehead atoms. The predicted molar refractivity (Wildman–Crippen MR) is 170 cm³/mol. The summed E-state index contributed by atoms with van der Waals surface area (Å²) >= 11 is 0. The second-order valence-corrected chi connectivity index (χ2v) is 11.6. The lowest BCUT2D eigenvalue weighted by molar-refractivity contribution is -0.116. The molecule has 2 atom stereocenters. The minimum Gasteiger partial charge on any atom is -0.497 e. The summed E-state index contributed by atoms with van der Waals surface area (Å²) in [5.74, 6) is 1.31. The van der Waals surface area contributed by atoms with Crippen molar-refractivity contribution in [1.82, 2.24) is 0 Å². The average molecular weight is 584 g/mol. The van der Waals surface area contributed by atoms with Crippen molar-refractivity contribution in [2.45, 2.75) is 64.6 Å². The summed E-state index contributed by atoms with van der Waals surface area (Å²) in [6, 6.07) is 21.2. The number of benzene rings is 3. The highest BCUT2D eigenvalue weighted by molar-refractivity contribution is 6.05. The summed E-state index contributed by atoms with van der Waals surface area (Å²) in [5, 5.41) is 3.56. The van der Waals surface area contributed by atoms with Crippen LogP contribution in [0.25, 0.3) is 0 Å². The lowest BCUT2D eigenvalue weighted by Gasteiger charge is -2.36. The lowest BCUT2D eigenvalue weighted by atomic mass is 9.78. The van der Waals surface area contributed by atoms with Crippen molar-refractivity contribution >= 4 is 28.9 Å². The van der Waals surface area contributed by atoms with Crippen LogP contribution in [0.1, 0.15) is 63.6 Å². The molecule has 0 spiro atoms. The molecule has 3 aromatic carbocycles. The van der Waals surface area contributed by atoms with E-state index in [1.54, 1.807) is 19.1 Å². The van der Waals surface area contributed by atoms with E-state index in [1.807, 2.05) is 66.7 Å². The maximum Gasteiger partial charge on any atom is 0.414 e. The van der Waals surface area contributed by atoms with Crippen LogP contribution in [0.4, 0.5) is 21.9 Å². The SMILES string of the molecule is COC(=O)N1c2ccccc2NC2=C(C(=O)CC(c3ccc(OC)cc3)C2)C1c1ccc(N(C(C)C)C(C)C)cc1OC. The third kappa shape index (κ3) is 5.66. The second-order valence-electron chi connectivity index (χ2n) is 11.6. The zero-order valence-corrected chi connectivity index (χ0v) is 26.0. The molecule has 3 aromatic rings. The number of rotatable bonds is 7. The predicted octanol–water partition coefficient (Wildman–Crippen LogP) is 7.47. The molecular formula is C35H41N3O5. The van der Waals surface area contributed by atoms with E-state index in [4.69, 9.17) is 14.2 Å². The number of hydrogen-bond donors (Lipinski definition) is 1. The van der Waals surface area contributed by atoms with Gasteiger partial charge in [-0.15, -0.1) is 0 Å². The number of ether oxygens (including phenoxy) is 3. The van der Waals surface area contributed by atoms with E-state index in [9.17, 15) is 9.59 Å². The van der Waals surface area contributed by atoms with Gasteiger partial charge in [0.2, 0.25) is 0 Å². The van der Waals surface area contributed by atoms with Gasteiger partial charge >= 0.3 is 6.09 Å². The highest BCUT2D eigenvalue weighted by Gasteiger charge is 2.43. The fourth-order valence-electron chi connectivity index (χ4n) is 6.57. The Morgan fingerprint density at radius 1 is 0.907 bits per heavy atom. The molecule has 8 nitrogen and oxygen atoms in total. The second kappa shape index (κ2) is 12.4. The van der Waals surface area contributed by atoms with E-state index in [1.165, 1.54) is 7.11 Å². The first kappa shape index (κ1) is 30.0. The molecule has 0 saturated heterocycles. The lowest BCUT2D eigenvalue weighted by Crippen LogP contribution is -2.39. The van der Waals surface area contributed by atoms with Crippen LogP contribution in [0.2, 0.25) is 0 Å². The number of carbonyl (C=O) groups is 2. The van der Waals surface area contributed by atoms with Gasteiger partial charge in [0.05, 0.1) is 38.7 Å². The monoisotopic (exact) mass is 583 g/mol. The minimum atomic E-state index is -0.765. The number of ketones is 1. The number of allylic oxidation sites excluding steroid dienone is 1. The maximum atomic E-state index is 14.3. The number of carbonyl (C=O) groups excluding carboxylic acids is 2. The summed E-state index contributed by atoms with van der Waals surface area (Å²) in [6.07, 6.45) is 0.348. The molecule has 1 aliphatic carbocycles. The number of fused-ring (bicyclic) bond motifs is 1. The fraction of sp³-hybridized carbons (Fsp3) is 0.371. The Hall–Kier alpha value is -4.46. The average Bonchev–Trinajstić information content (AvgIpc) is 3.15. The molecule has 226 valence electrons. The number of nitrogens with zero attached hydrogens (tertiary/aromatic N) is 2. The van der Waals surface area contributed by atoms with E-state index >= 15 is 0 Å². The van der Waals surface area contributed by atoms with Crippen molar-refractivity contribution in [3.63, 3.8) is 0 Å². The van der Waals surface area contributed by atoms with Gasteiger partial charge in [0.25, 0.3) is 0 Å². The number of nitrogens with one attached hydrogen (secondary N) is 1. The Morgan fingerprint density at radius 2 is 1.60 bits per heavy atom. The number of para-hydroxylation sites is 2. The van der Waals surface area contributed by atoms with Crippen LogP contribution in [-0.4, -0.2) is 45.3 Å². The standard InChI is InChI=1S/C35H41N3O5/c1-21(2)37(22(3)4)25-14-17-27(32(20-25)42-6)34-33-29(36-28-10-8-9-11-30(28)38(34)35(40)43-7)18-24(19-31(33)39)23-12-15-26(41-5)16-13-23/h8-17,20-22,24,34,36H,18-19H2,1-7H3. The Bertz CT molecular complexity index is 1520. The molecule has 2 aliphatic rings. The molecule has 0 aromatic heterocycles. The van der Waals surface area contributed by atoms with Gasteiger partial charge in [-0.1, -0.05) is 30.3 Å². The molecule has 2 unspecified atom stereocenters. The fourth-order valence-corrected chi connectivity index (χ4v) is 6.57. The topological polar surface area (TPSA) is 80.3 Å². The molecule has 43 heavy (non-hydrogen) atoms. The summed E-state index contributed by atoms with van der Waals surface area (Å²) in [4.78, 5) is 31.8. The van der Waals surface area contributed by atoms with Gasteiger partial charge in [-0.25, -0.2) is 4.79 Å². The molecule has 0 radical (unpaired) electrons. The van der Waals surface area contributed by atoms with Gasteiger partial charge in [-0.05, 0) is 75.9 Å². The highest BCUT2D eigenvalue weighted by atomic mass is 16.5. The third-order valence-corrected chi connectivity index (χ3v) is 8.37. The summed E-state index contributed by atoms with van der Waals surface area (Å²) in [7, 11) is 4.63. The summed E-state index contributed by atoms with van der Waals surface area (Å²) in [5.41, 5.74) is 5.47. The Kier molecular flexibility index (Phi) is 8.67. The van der Waals surface area contributed by atoms with E-state index in [-0.39, 0.29) is 23.8 Å². The first-order valence-electron chi connectivity index (χ1n) is 14.8. The van der Waals surface area contributed by atoms with Crippen LogP contribution >= 0.6 is 0 Å². The van der Waals surface area contributed by atoms with Crippen molar-refractivity contribution in [3.8, 4) is 11.5 Å². The van der Waals surface area contributed by atoms with Gasteiger partial charge in [-0.2, -0.15) is 0 Å². The van der Waals surface area contributed by atoms with Crippen LogP contribution in [0.5, 0.6) is 11.5 Å². The summed E-state index contributed by atoms with van der Waals surface area (Å²) < 4.78 is 16.7. The van der Waals surface area contributed by atoms with E-state index in [2.05, 4.69) is 37.9 Å². The number of Topliss-reactive ketones (excluding diaryl/α,β-unsaturated/α-hetero) is 1. The van der Waals surface area contributed by atoms with Gasteiger partial charge in [0.15, 0.2) is 5.78 Å². The van der Waals surface area contributed by atoms with Crippen molar-refractivity contribution in [3.05, 3.63) is 89.1 Å². The van der Waals surface area contributed by atoms with Gasteiger partial charge in [0, 0.05) is 47.1 Å². The largest absolute Gasteiger partial charge is 0.497 e. The number of anilines is 3. The molecule has 1 N–H and O–H groups in total. The normalized spacial score (nSPS) is 18.1. The van der Waals surface area contributed by atoms with Crippen LogP contribution < -0.4 is 24.6 Å². The van der Waals surface area contributed by atoms with Crippen LogP contribution in [-0.2, 0) is 9.53 Å². The molecular weight excluding hydrogens is 542 g/mol. The van der Waals surface area contributed by atoms with E-state index < -0.39 is 12.1 Å². The van der Waals surface area contributed by atoms with E-state index in [0.717, 1.165) is 28.4 Å². The van der Waals surface area contributed by atoms with Crippen molar-refractivity contribution in [1.29, 1.82) is 0 Å². The zero-order valence-electron chi connectivity index (χ0n) is 26.0. The molecule has 1 heterocycles. The number of hydrogen-bond acceptors (Lipinski definition) is 7. The Balaban J connectivity index is 1.70. The zero-order chi connectivity index (χ0) is 30.8. The first-order chi connectivity index (χ1) is 20.7. The number of methoxy groups -OCH3 is 3. The molecule has 1 aliphatic heterocycles. The molecule has 8 heteroatoms. The van der Waals surface area contributed by atoms with Crippen molar-refractivity contribution in [2.24, 2.45) is 0 Å². The molecule has 1 amide bonds. The Labute approximate surface area is 254 Å². The van der Waals surface area contributed by atoms with Crippen LogP contribution in [0, 0.1) is 0 Å². The van der Waals surface area contributed by atoms with Crippen LogP contribution in [0.15, 0.2) is 78.0 Å². The number of amides is 1. The highest BCUT2D eigenvalue weighted by Crippen LogP contribution is 2.49. The molecule has 0 fully saturated rings. The third-order valence-electron chi connectivity index (χ3n) is 8.37. The Morgan fingerprint density at radius 3 is 2.23 bits per heavy atom. The van der Waals surface area contributed by atoms with Crippen molar-refractivity contribution < 1.29 is 23.8 Å². The van der Waals surface area contributed by atoms with Crippen molar-refractivity contribution in [2.75, 3.05) is 36.4 Å². The van der Waals surface area contributed by atoms with E-state index in [0.29, 0.717) is 35.4 Å². The van der Waals surface area contributed by atoms with Gasteiger partial charge in [-0.3, -0.25) is 9.69 Å². The summed E-state index contributed by atoms with van der Waals surface area (Å²) in [6.45, 7) is 8.63. The maximum absolute atomic E-state index is 14.3. The minimum absolute atomic E-state index is 0.0293. The first-order valence-corrected chi connectivity index (χ1v) is 14.8.